The molecule has 0 N–H and O–H groups in total. The Morgan fingerprint density at radius 3 is 2.20 bits per heavy atom. The van der Waals surface area contributed by atoms with E-state index in [9.17, 15) is 4.79 Å². The highest BCUT2D eigenvalue weighted by Crippen LogP contribution is 2.22. The quantitative estimate of drug-likeness (QED) is 0.777. The van der Waals surface area contributed by atoms with Gasteiger partial charge in [0.15, 0.2) is 0 Å². The van der Waals surface area contributed by atoms with Crippen molar-refractivity contribution in [2.24, 2.45) is 0 Å². The molecule has 0 radical (unpaired) electrons. The molecule has 1 atom stereocenters. The lowest BCUT2D eigenvalue weighted by Gasteiger charge is -2.13. The van der Waals surface area contributed by atoms with Gasteiger partial charge in [0.25, 0.3) is 0 Å². The molecule has 0 heterocycles. The molecule has 2 rings (SSSR count). The van der Waals surface area contributed by atoms with E-state index in [-0.39, 0.29) is 12.1 Å². The predicted octanol–water partition coefficient (Wildman–Crippen LogP) is 3.68. The van der Waals surface area contributed by atoms with Gasteiger partial charge < -0.3 is 9.47 Å². The van der Waals surface area contributed by atoms with Crippen LogP contribution in [0, 0.1) is 0 Å². The number of carbonyl (C=O) groups excluding carboxylic acids is 1. The van der Waals surface area contributed by atoms with Crippen molar-refractivity contribution >= 4 is 5.97 Å². The van der Waals surface area contributed by atoms with Crippen molar-refractivity contribution in [3.63, 3.8) is 0 Å². The van der Waals surface area contributed by atoms with Gasteiger partial charge in [-0.1, -0.05) is 42.5 Å². The number of hydrogen-bond acceptors (Lipinski definition) is 3. The van der Waals surface area contributed by atoms with Crippen LogP contribution < -0.4 is 4.74 Å². The maximum absolute atomic E-state index is 10.8. The molecule has 0 unspecified atom stereocenters. The summed E-state index contributed by atoms with van der Waals surface area (Å²) in [7, 11) is 0. The summed E-state index contributed by atoms with van der Waals surface area (Å²) in [6.07, 6.45) is -0.249. The monoisotopic (exact) mass is 270 g/mol. The average Bonchev–Trinajstić information content (AvgIpc) is 2.46. The molecule has 2 aromatic carbocycles. The van der Waals surface area contributed by atoms with Gasteiger partial charge in [0.2, 0.25) is 0 Å². The predicted molar refractivity (Wildman–Crippen MR) is 78.6 cm³/mol. The second-order valence-electron chi connectivity index (χ2n) is 4.62. The van der Waals surface area contributed by atoms with E-state index in [4.69, 9.17) is 9.47 Å². The molecule has 0 aliphatic carbocycles. The Labute approximate surface area is 119 Å². The normalized spacial score (nSPS) is 11.7. The summed E-state index contributed by atoms with van der Waals surface area (Å²) in [5.41, 5.74) is 2.32. The number of esters is 1. The Balaban J connectivity index is 1.94. The molecule has 0 aromatic heterocycles. The Bertz CT molecular complexity index is 546. The van der Waals surface area contributed by atoms with Crippen molar-refractivity contribution in [3.05, 3.63) is 54.6 Å². The highest BCUT2D eigenvalue weighted by molar-refractivity contribution is 5.66. The molecule has 20 heavy (non-hydrogen) atoms. The topological polar surface area (TPSA) is 35.5 Å². The largest absolute Gasteiger partial charge is 0.490 e. The maximum Gasteiger partial charge on any atom is 0.303 e. The average molecular weight is 270 g/mol. The van der Waals surface area contributed by atoms with Gasteiger partial charge >= 0.3 is 5.97 Å². The van der Waals surface area contributed by atoms with E-state index in [1.54, 1.807) is 6.92 Å². The Kier molecular flexibility index (Phi) is 4.77. The van der Waals surface area contributed by atoms with Gasteiger partial charge in [-0.15, -0.1) is 0 Å². The summed E-state index contributed by atoms with van der Waals surface area (Å²) in [4.78, 5) is 10.8. The minimum absolute atomic E-state index is 0.249. The Hall–Kier alpha value is -2.29. The molecule has 2 aromatic rings. The molecule has 104 valence electrons. The van der Waals surface area contributed by atoms with Crippen LogP contribution in [-0.2, 0) is 9.53 Å². The summed E-state index contributed by atoms with van der Waals surface area (Å²) >= 11 is 0. The summed E-state index contributed by atoms with van der Waals surface area (Å²) in [6, 6.07) is 18.0. The molecule has 0 bridgehead atoms. The summed E-state index contributed by atoms with van der Waals surface area (Å²) < 4.78 is 10.6. The van der Waals surface area contributed by atoms with Gasteiger partial charge in [-0.05, 0) is 30.2 Å². The minimum atomic E-state index is -0.291. The van der Waals surface area contributed by atoms with Crippen molar-refractivity contribution in [3.8, 4) is 16.9 Å². The molecule has 0 aliphatic heterocycles. The smallest absolute Gasteiger partial charge is 0.303 e. The molecule has 0 aliphatic rings. The van der Waals surface area contributed by atoms with Crippen LogP contribution in [0.2, 0.25) is 0 Å². The van der Waals surface area contributed by atoms with Crippen molar-refractivity contribution in [2.45, 2.75) is 20.0 Å². The highest BCUT2D eigenvalue weighted by atomic mass is 16.6. The molecule has 3 heteroatoms. The van der Waals surface area contributed by atoms with E-state index in [1.807, 2.05) is 42.5 Å². The summed E-state index contributed by atoms with van der Waals surface area (Å²) in [6.45, 7) is 3.55. The zero-order valence-corrected chi connectivity index (χ0v) is 11.7. The van der Waals surface area contributed by atoms with Crippen LogP contribution in [0.5, 0.6) is 5.75 Å². The molecule has 3 nitrogen and oxygen atoms in total. The Morgan fingerprint density at radius 2 is 1.60 bits per heavy atom. The fourth-order valence-corrected chi connectivity index (χ4v) is 1.91. The van der Waals surface area contributed by atoms with E-state index < -0.39 is 0 Å². The first kappa shape index (κ1) is 14.1. The zero-order chi connectivity index (χ0) is 14.4. The van der Waals surface area contributed by atoms with E-state index >= 15 is 0 Å². The molecule has 0 saturated carbocycles. The summed E-state index contributed by atoms with van der Waals surface area (Å²) in [5.74, 6) is 0.476. The SMILES string of the molecule is CC(=O)O[C@@H](C)COc1ccc(-c2ccccc2)cc1. The van der Waals surface area contributed by atoms with Crippen LogP contribution in [0.1, 0.15) is 13.8 Å². The number of benzene rings is 2. The first-order chi connectivity index (χ1) is 9.65. The first-order valence-electron chi connectivity index (χ1n) is 6.60. The van der Waals surface area contributed by atoms with E-state index in [2.05, 4.69) is 12.1 Å². The van der Waals surface area contributed by atoms with Gasteiger partial charge in [0.1, 0.15) is 18.5 Å². The van der Waals surface area contributed by atoms with Gasteiger partial charge in [-0.2, -0.15) is 0 Å². The lowest BCUT2D eigenvalue weighted by molar-refractivity contribution is -0.146. The van der Waals surface area contributed by atoms with Gasteiger partial charge in [-0.25, -0.2) is 0 Å². The molecule has 0 spiro atoms. The van der Waals surface area contributed by atoms with Crippen molar-refractivity contribution in [2.75, 3.05) is 6.61 Å². The summed E-state index contributed by atoms with van der Waals surface area (Å²) in [5, 5.41) is 0. The zero-order valence-electron chi connectivity index (χ0n) is 11.7. The molecular weight excluding hydrogens is 252 g/mol. The third-order valence-corrected chi connectivity index (χ3v) is 2.81. The van der Waals surface area contributed by atoms with Gasteiger partial charge in [0, 0.05) is 6.92 Å². The van der Waals surface area contributed by atoms with Crippen molar-refractivity contribution in [1.29, 1.82) is 0 Å². The fraction of sp³-hybridized carbons (Fsp3) is 0.235. The van der Waals surface area contributed by atoms with E-state index in [0.29, 0.717) is 6.61 Å². The fourth-order valence-electron chi connectivity index (χ4n) is 1.91. The molecule has 0 fully saturated rings. The lowest BCUT2D eigenvalue weighted by Crippen LogP contribution is -2.20. The first-order valence-corrected chi connectivity index (χ1v) is 6.60. The van der Waals surface area contributed by atoms with Crippen molar-refractivity contribution < 1.29 is 14.3 Å². The number of carbonyl (C=O) groups is 1. The van der Waals surface area contributed by atoms with Gasteiger partial charge in [-0.3, -0.25) is 4.79 Å². The molecular formula is C17H18O3. The second-order valence-corrected chi connectivity index (χ2v) is 4.62. The van der Waals surface area contributed by atoms with Crippen LogP contribution in [0.4, 0.5) is 0 Å². The number of rotatable bonds is 5. The van der Waals surface area contributed by atoms with Gasteiger partial charge in [0.05, 0.1) is 0 Å². The Morgan fingerprint density at radius 1 is 1.00 bits per heavy atom. The second kappa shape index (κ2) is 6.75. The lowest BCUT2D eigenvalue weighted by atomic mass is 10.1. The van der Waals surface area contributed by atoms with Crippen molar-refractivity contribution in [1.82, 2.24) is 0 Å². The number of ether oxygens (including phenoxy) is 2. The standard InChI is InChI=1S/C17H18O3/c1-13(20-14(2)18)12-19-17-10-8-16(9-11-17)15-6-4-3-5-7-15/h3-11,13H,12H2,1-2H3/t13-/m0/s1. The minimum Gasteiger partial charge on any atom is -0.490 e. The third-order valence-electron chi connectivity index (χ3n) is 2.81. The maximum atomic E-state index is 10.8. The van der Waals surface area contributed by atoms with E-state index in [0.717, 1.165) is 11.3 Å². The molecule has 0 amide bonds. The third kappa shape index (κ3) is 4.12. The van der Waals surface area contributed by atoms with Crippen LogP contribution in [0.15, 0.2) is 54.6 Å². The number of hydrogen-bond donors (Lipinski definition) is 0. The highest BCUT2D eigenvalue weighted by Gasteiger charge is 2.06. The molecule has 0 saturated heterocycles. The van der Waals surface area contributed by atoms with Crippen LogP contribution in [0.3, 0.4) is 0 Å². The van der Waals surface area contributed by atoms with Crippen LogP contribution >= 0.6 is 0 Å². The van der Waals surface area contributed by atoms with E-state index in [1.165, 1.54) is 12.5 Å². The van der Waals surface area contributed by atoms with Crippen LogP contribution in [-0.4, -0.2) is 18.7 Å². The van der Waals surface area contributed by atoms with Crippen LogP contribution in [0.25, 0.3) is 11.1 Å².